The minimum atomic E-state index is -0.153. The van der Waals surface area contributed by atoms with Crippen molar-refractivity contribution in [2.45, 2.75) is 71.9 Å². The fourth-order valence-corrected chi connectivity index (χ4v) is 4.07. The lowest BCUT2D eigenvalue weighted by Crippen LogP contribution is -2.82. The van der Waals surface area contributed by atoms with E-state index in [2.05, 4.69) is 33.0 Å². The van der Waals surface area contributed by atoms with Crippen molar-refractivity contribution in [3.8, 4) is 0 Å². The van der Waals surface area contributed by atoms with Crippen molar-refractivity contribution in [1.82, 2.24) is 0 Å². The summed E-state index contributed by atoms with van der Waals surface area (Å²) in [4.78, 5) is 0. The number of ether oxygens (including phenoxy) is 1. The summed E-state index contributed by atoms with van der Waals surface area (Å²) < 4.78 is 18.9. The Balaban J connectivity index is 1.81. The van der Waals surface area contributed by atoms with Gasteiger partial charge in [-0.25, -0.2) is 4.39 Å². The Bertz CT molecular complexity index is 497. The maximum Gasteiger partial charge on any atom is 0.123 e. The molecule has 2 rings (SSSR count). The van der Waals surface area contributed by atoms with E-state index >= 15 is 0 Å². The zero-order valence-electron chi connectivity index (χ0n) is 16.6. The molecule has 0 aromatic heterocycles. The first-order valence-corrected chi connectivity index (χ1v) is 10.1. The summed E-state index contributed by atoms with van der Waals surface area (Å²) in [5, 5.41) is 2.38. The number of halogens is 1. The highest BCUT2D eigenvalue weighted by Crippen LogP contribution is 2.37. The van der Waals surface area contributed by atoms with Crippen LogP contribution in [0, 0.1) is 23.6 Å². The van der Waals surface area contributed by atoms with Crippen LogP contribution in [-0.4, -0.2) is 18.8 Å². The van der Waals surface area contributed by atoms with E-state index in [4.69, 9.17) is 4.74 Å². The standard InChI is InChI=1S/C22H36FNO/c1-17(2)5-8-19(20-12-14-25-22(3,4)15-20)11-13-24-16-18-6-9-21(23)10-7-18/h6-7,9-10,17,19-20,24H,5,8,11-16H2,1-4H3/p+1/t19-,20-/m1/s1. The predicted molar refractivity (Wildman–Crippen MR) is 102 cm³/mol. The molecule has 142 valence electrons. The molecule has 0 aliphatic carbocycles. The van der Waals surface area contributed by atoms with E-state index in [1.165, 1.54) is 37.7 Å². The molecule has 0 bridgehead atoms. The first-order valence-electron chi connectivity index (χ1n) is 10.1. The van der Waals surface area contributed by atoms with Crippen LogP contribution in [0.3, 0.4) is 0 Å². The molecule has 0 saturated carbocycles. The van der Waals surface area contributed by atoms with Gasteiger partial charge < -0.3 is 10.1 Å². The molecular formula is C22H37FNO+. The van der Waals surface area contributed by atoms with Gasteiger partial charge in [0.05, 0.1) is 12.1 Å². The maximum atomic E-state index is 13.0. The van der Waals surface area contributed by atoms with Crippen LogP contribution in [0.1, 0.15) is 65.4 Å². The predicted octanol–water partition coefficient (Wildman–Crippen LogP) is 4.54. The summed E-state index contributed by atoms with van der Waals surface area (Å²) in [5.74, 6) is 2.22. The van der Waals surface area contributed by atoms with Gasteiger partial charge in [0.15, 0.2) is 0 Å². The SMILES string of the molecule is CC(C)CC[C@H](CC[NH2+]Cc1ccc(F)cc1)[C@@H]1CCOC(C)(C)C1. The van der Waals surface area contributed by atoms with E-state index in [1.54, 1.807) is 12.1 Å². The smallest absolute Gasteiger partial charge is 0.123 e. The number of quaternary nitrogens is 1. The molecule has 1 aliphatic rings. The Morgan fingerprint density at radius 3 is 2.52 bits per heavy atom. The summed E-state index contributed by atoms with van der Waals surface area (Å²) in [7, 11) is 0. The van der Waals surface area contributed by atoms with Gasteiger partial charge in [-0.3, -0.25) is 0 Å². The molecule has 1 aromatic carbocycles. The number of nitrogens with two attached hydrogens (primary N) is 1. The van der Waals surface area contributed by atoms with Gasteiger partial charge in [0.25, 0.3) is 0 Å². The van der Waals surface area contributed by atoms with E-state index in [-0.39, 0.29) is 11.4 Å². The molecule has 0 amide bonds. The van der Waals surface area contributed by atoms with Crippen LogP contribution in [0.4, 0.5) is 4.39 Å². The Hall–Kier alpha value is -0.930. The maximum absolute atomic E-state index is 13.0. The number of benzene rings is 1. The van der Waals surface area contributed by atoms with E-state index < -0.39 is 0 Å². The van der Waals surface area contributed by atoms with Crippen molar-refractivity contribution in [3.05, 3.63) is 35.6 Å². The van der Waals surface area contributed by atoms with Crippen molar-refractivity contribution in [2.75, 3.05) is 13.2 Å². The summed E-state index contributed by atoms with van der Waals surface area (Å²) in [6.45, 7) is 12.1. The molecule has 2 nitrogen and oxygen atoms in total. The second-order valence-corrected chi connectivity index (χ2v) is 8.79. The van der Waals surface area contributed by atoms with Crippen LogP contribution in [0.2, 0.25) is 0 Å². The molecule has 1 saturated heterocycles. The summed E-state index contributed by atoms with van der Waals surface area (Å²) >= 11 is 0. The molecule has 1 fully saturated rings. The lowest BCUT2D eigenvalue weighted by Gasteiger charge is -2.39. The largest absolute Gasteiger partial charge is 0.376 e. The highest BCUT2D eigenvalue weighted by atomic mass is 19.1. The fourth-order valence-electron chi connectivity index (χ4n) is 4.07. The van der Waals surface area contributed by atoms with Crippen LogP contribution in [0.25, 0.3) is 0 Å². The van der Waals surface area contributed by atoms with Gasteiger partial charge in [0, 0.05) is 12.2 Å². The Labute approximate surface area is 153 Å². The first-order chi connectivity index (χ1) is 11.9. The molecule has 1 heterocycles. The van der Waals surface area contributed by atoms with Crippen molar-refractivity contribution in [2.24, 2.45) is 17.8 Å². The lowest BCUT2D eigenvalue weighted by atomic mass is 9.75. The van der Waals surface area contributed by atoms with Gasteiger partial charge in [0.2, 0.25) is 0 Å². The van der Waals surface area contributed by atoms with Crippen molar-refractivity contribution < 1.29 is 14.4 Å². The van der Waals surface area contributed by atoms with E-state index in [0.29, 0.717) is 0 Å². The average molecular weight is 351 g/mol. The third-order valence-electron chi connectivity index (χ3n) is 5.55. The minimum absolute atomic E-state index is 0.0385. The number of hydrogen-bond donors (Lipinski definition) is 1. The molecular weight excluding hydrogens is 313 g/mol. The second-order valence-electron chi connectivity index (χ2n) is 8.79. The zero-order valence-corrected chi connectivity index (χ0v) is 16.6. The van der Waals surface area contributed by atoms with Crippen molar-refractivity contribution in [3.63, 3.8) is 0 Å². The third kappa shape index (κ3) is 7.45. The summed E-state index contributed by atoms with van der Waals surface area (Å²) in [6.07, 6.45) is 6.33. The molecule has 0 spiro atoms. The normalized spacial score (nSPS) is 21.4. The number of rotatable bonds is 9. The van der Waals surface area contributed by atoms with Crippen LogP contribution >= 0.6 is 0 Å². The van der Waals surface area contributed by atoms with Gasteiger partial charge in [-0.2, -0.15) is 0 Å². The van der Waals surface area contributed by atoms with Gasteiger partial charge in [-0.1, -0.05) is 32.4 Å². The van der Waals surface area contributed by atoms with Crippen LogP contribution in [0.5, 0.6) is 0 Å². The molecule has 0 unspecified atom stereocenters. The summed E-state index contributed by atoms with van der Waals surface area (Å²) in [5.41, 5.74) is 1.24. The topological polar surface area (TPSA) is 25.8 Å². The highest BCUT2D eigenvalue weighted by Gasteiger charge is 2.33. The third-order valence-corrected chi connectivity index (χ3v) is 5.55. The molecule has 0 radical (unpaired) electrons. The van der Waals surface area contributed by atoms with Gasteiger partial charge in [0.1, 0.15) is 12.4 Å². The van der Waals surface area contributed by atoms with Crippen LogP contribution < -0.4 is 5.32 Å². The van der Waals surface area contributed by atoms with Crippen LogP contribution in [-0.2, 0) is 11.3 Å². The Morgan fingerprint density at radius 1 is 1.16 bits per heavy atom. The minimum Gasteiger partial charge on any atom is -0.376 e. The highest BCUT2D eigenvalue weighted by molar-refractivity contribution is 5.14. The van der Waals surface area contributed by atoms with E-state index in [1.807, 2.05) is 12.1 Å². The first kappa shape index (κ1) is 20.4. The van der Waals surface area contributed by atoms with Gasteiger partial charge in [-0.05, 0) is 69.4 Å². The fraction of sp³-hybridized carbons (Fsp3) is 0.727. The lowest BCUT2D eigenvalue weighted by molar-refractivity contribution is -0.671. The molecule has 1 aliphatic heterocycles. The molecule has 25 heavy (non-hydrogen) atoms. The van der Waals surface area contributed by atoms with Gasteiger partial charge >= 0.3 is 0 Å². The quantitative estimate of drug-likeness (QED) is 0.650. The zero-order chi connectivity index (χ0) is 18.3. The summed E-state index contributed by atoms with van der Waals surface area (Å²) in [6, 6.07) is 6.89. The van der Waals surface area contributed by atoms with Gasteiger partial charge in [-0.15, -0.1) is 0 Å². The van der Waals surface area contributed by atoms with E-state index in [9.17, 15) is 4.39 Å². The Kier molecular flexibility index (Phi) is 7.89. The molecule has 2 N–H and O–H groups in total. The second kappa shape index (κ2) is 9.68. The molecule has 3 heteroatoms. The van der Waals surface area contributed by atoms with Crippen molar-refractivity contribution in [1.29, 1.82) is 0 Å². The van der Waals surface area contributed by atoms with Crippen LogP contribution in [0.15, 0.2) is 24.3 Å². The average Bonchev–Trinajstić information content (AvgIpc) is 2.54. The van der Waals surface area contributed by atoms with E-state index in [0.717, 1.165) is 37.5 Å². The monoisotopic (exact) mass is 350 g/mol. The number of hydrogen-bond acceptors (Lipinski definition) is 1. The molecule has 2 atom stereocenters. The Morgan fingerprint density at radius 2 is 1.88 bits per heavy atom. The molecule has 1 aromatic rings. The van der Waals surface area contributed by atoms with Crippen molar-refractivity contribution >= 4 is 0 Å².